The topological polar surface area (TPSA) is 38.1 Å². The molecule has 2 rings (SSSR count). The molecule has 1 saturated heterocycles. The first-order chi connectivity index (χ1) is 6.34. The Morgan fingerprint density at radius 2 is 2.31 bits per heavy atom. The van der Waals surface area contributed by atoms with Crippen molar-refractivity contribution in [2.75, 3.05) is 11.5 Å². The van der Waals surface area contributed by atoms with Gasteiger partial charge in [0.05, 0.1) is 12.4 Å². The van der Waals surface area contributed by atoms with Crippen LogP contribution in [0, 0.1) is 5.92 Å². The molecule has 0 bridgehead atoms. The van der Waals surface area contributed by atoms with Gasteiger partial charge in [-0.05, 0) is 30.3 Å². The molecule has 0 spiro atoms. The summed E-state index contributed by atoms with van der Waals surface area (Å²) in [5.74, 6) is 3.57. The lowest BCUT2D eigenvalue weighted by molar-refractivity contribution is 0.392. The highest BCUT2D eigenvalue weighted by atomic mass is 32.2. The van der Waals surface area contributed by atoms with Crippen molar-refractivity contribution in [3.05, 3.63) is 12.4 Å². The molecule has 0 amide bonds. The highest BCUT2D eigenvalue weighted by molar-refractivity contribution is 7.99. The fourth-order valence-corrected chi connectivity index (χ4v) is 2.85. The molecule has 13 heavy (non-hydrogen) atoms. The van der Waals surface area contributed by atoms with Crippen molar-refractivity contribution < 1.29 is 5.11 Å². The van der Waals surface area contributed by atoms with E-state index in [0.717, 1.165) is 12.5 Å². The summed E-state index contributed by atoms with van der Waals surface area (Å²) in [5.41, 5.74) is 0. The molecule has 2 heterocycles. The van der Waals surface area contributed by atoms with Crippen LogP contribution >= 0.6 is 11.8 Å². The Balaban J connectivity index is 1.89. The summed E-state index contributed by atoms with van der Waals surface area (Å²) in [5, 5.41) is 13.2. The van der Waals surface area contributed by atoms with E-state index in [0.29, 0.717) is 0 Å². The third-order valence-electron chi connectivity index (χ3n) is 2.41. The van der Waals surface area contributed by atoms with Crippen molar-refractivity contribution in [1.29, 1.82) is 0 Å². The quantitative estimate of drug-likeness (QED) is 0.786. The van der Waals surface area contributed by atoms with Gasteiger partial charge in [-0.3, -0.25) is 4.68 Å². The van der Waals surface area contributed by atoms with Gasteiger partial charge in [-0.2, -0.15) is 16.9 Å². The van der Waals surface area contributed by atoms with Crippen LogP contribution in [0.4, 0.5) is 0 Å². The van der Waals surface area contributed by atoms with Crippen molar-refractivity contribution in [2.24, 2.45) is 5.92 Å². The average molecular weight is 198 g/mol. The molecule has 1 aliphatic rings. The minimum Gasteiger partial charge on any atom is -0.505 e. The highest BCUT2D eigenvalue weighted by Crippen LogP contribution is 2.24. The maximum Gasteiger partial charge on any atom is 0.153 e. The Bertz CT molecular complexity index is 268. The van der Waals surface area contributed by atoms with Crippen LogP contribution < -0.4 is 0 Å². The lowest BCUT2D eigenvalue weighted by Crippen LogP contribution is -2.16. The molecule has 4 heteroatoms. The van der Waals surface area contributed by atoms with E-state index in [1.54, 1.807) is 6.20 Å². The Labute approximate surface area is 82.1 Å². The van der Waals surface area contributed by atoms with Crippen LogP contribution in [-0.2, 0) is 6.54 Å². The molecular weight excluding hydrogens is 184 g/mol. The number of rotatable bonds is 2. The predicted octanol–water partition coefficient (Wildman–Crippen LogP) is 1.73. The van der Waals surface area contributed by atoms with Gasteiger partial charge in [0.2, 0.25) is 0 Å². The predicted molar refractivity (Wildman–Crippen MR) is 53.9 cm³/mol. The van der Waals surface area contributed by atoms with Gasteiger partial charge in [0.15, 0.2) is 5.75 Å². The molecule has 0 aliphatic carbocycles. The van der Waals surface area contributed by atoms with Gasteiger partial charge in [-0.25, -0.2) is 0 Å². The van der Waals surface area contributed by atoms with Crippen LogP contribution in [0.2, 0.25) is 0 Å². The van der Waals surface area contributed by atoms with Crippen LogP contribution in [0.1, 0.15) is 12.8 Å². The third-order valence-corrected chi connectivity index (χ3v) is 3.45. The average Bonchev–Trinajstić information content (AvgIpc) is 2.53. The normalized spacial score (nSPS) is 19.1. The monoisotopic (exact) mass is 198 g/mol. The van der Waals surface area contributed by atoms with Crippen LogP contribution in [0.3, 0.4) is 0 Å². The van der Waals surface area contributed by atoms with Crippen LogP contribution in [0.15, 0.2) is 12.4 Å². The zero-order valence-electron chi connectivity index (χ0n) is 7.52. The summed E-state index contributed by atoms with van der Waals surface area (Å²) in [4.78, 5) is 0. The molecular formula is C9H14N2OS. The zero-order chi connectivity index (χ0) is 9.10. The first-order valence-corrected chi connectivity index (χ1v) is 5.79. The second-order valence-corrected chi connectivity index (χ2v) is 4.70. The van der Waals surface area contributed by atoms with Crippen molar-refractivity contribution in [1.82, 2.24) is 9.78 Å². The fourth-order valence-electron chi connectivity index (χ4n) is 1.65. The number of aromatic hydroxyl groups is 1. The number of nitrogens with zero attached hydrogens (tertiary/aromatic N) is 2. The van der Waals surface area contributed by atoms with Crippen molar-refractivity contribution in [2.45, 2.75) is 19.4 Å². The molecule has 0 atom stereocenters. The van der Waals surface area contributed by atoms with E-state index in [9.17, 15) is 0 Å². The zero-order valence-corrected chi connectivity index (χ0v) is 8.33. The van der Waals surface area contributed by atoms with E-state index >= 15 is 0 Å². The van der Waals surface area contributed by atoms with Gasteiger partial charge in [0.25, 0.3) is 0 Å². The molecule has 0 aromatic carbocycles. The van der Waals surface area contributed by atoms with Crippen LogP contribution in [-0.4, -0.2) is 26.4 Å². The van der Waals surface area contributed by atoms with Gasteiger partial charge in [0.1, 0.15) is 0 Å². The fraction of sp³-hybridized carbons (Fsp3) is 0.667. The molecule has 1 fully saturated rings. The molecule has 0 unspecified atom stereocenters. The third kappa shape index (κ3) is 2.40. The van der Waals surface area contributed by atoms with Gasteiger partial charge in [0, 0.05) is 6.54 Å². The van der Waals surface area contributed by atoms with Crippen molar-refractivity contribution in [3.63, 3.8) is 0 Å². The lowest BCUT2D eigenvalue weighted by Gasteiger charge is -2.20. The first-order valence-electron chi connectivity index (χ1n) is 4.64. The lowest BCUT2D eigenvalue weighted by atomic mass is 10.0. The second kappa shape index (κ2) is 4.05. The smallest absolute Gasteiger partial charge is 0.153 e. The van der Waals surface area contributed by atoms with Crippen LogP contribution in [0.5, 0.6) is 5.75 Å². The minimum absolute atomic E-state index is 0.269. The van der Waals surface area contributed by atoms with Gasteiger partial charge < -0.3 is 5.11 Å². The Morgan fingerprint density at radius 1 is 1.54 bits per heavy atom. The number of hydrogen-bond donors (Lipinski definition) is 1. The molecule has 0 radical (unpaired) electrons. The van der Waals surface area contributed by atoms with E-state index in [2.05, 4.69) is 5.10 Å². The van der Waals surface area contributed by atoms with E-state index in [1.807, 2.05) is 16.4 Å². The highest BCUT2D eigenvalue weighted by Gasteiger charge is 2.14. The van der Waals surface area contributed by atoms with Crippen LogP contribution in [0.25, 0.3) is 0 Å². The van der Waals surface area contributed by atoms with E-state index in [-0.39, 0.29) is 5.75 Å². The number of thioether (sulfide) groups is 1. The second-order valence-electron chi connectivity index (χ2n) is 3.48. The minimum atomic E-state index is 0.269. The molecule has 3 nitrogen and oxygen atoms in total. The number of hydrogen-bond acceptors (Lipinski definition) is 3. The summed E-state index contributed by atoms with van der Waals surface area (Å²) >= 11 is 2.04. The standard InChI is InChI=1S/C9H14N2OS/c12-9-5-10-11(7-9)6-8-1-3-13-4-2-8/h5,7-8,12H,1-4,6H2. The summed E-state index contributed by atoms with van der Waals surface area (Å²) in [6.07, 6.45) is 5.76. The Morgan fingerprint density at radius 3 is 2.92 bits per heavy atom. The van der Waals surface area contributed by atoms with Gasteiger partial charge in [-0.1, -0.05) is 0 Å². The maximum atomic E-state index is 9.10. The van der Waals surface area contributed by atoms with E-state index < -0.39 is 0 Å². The summed E-state index contributed by atoms with van der Waals surface area (Å²) in [6, 6.07) is 0. The van der Waals surface area contributed by atoms with Gasteiger partial charge >= 0.3 is 0 Å². The van der Waals surface area contributed by atoms with Gasteiger partial charge in [-0.15, -0.1) is 0 Å². The summed E-state index contributed by atoms with van der Waals surface area (Å²) < 4.78 is 1.84. The summed E-state index contributed by atoms with van der Waals surface area (Å²) in [7, 11) is 0. The largest absolute Gasteiger partial charge is 0.505 e. The molecule has 1 aromatic rings. The van der Waals surface area contributed by atoms with Crippen molar-refractivity contribution >= 4 is 11.8 Å². The summed E-state index contributed by atoms with van der Waals surface area (Å²) in [6.45, 7) is 0.959. The SMILES string of the molecule is Oc1cnn(CC2CCSCC2)c1. The molecule has 1 N–H and O–H groups in total. The molecule has 72 valence electrons. The Kier molecular flexibility index (Phi) is 2.78. The molecule has 1 aromatic heterocycles. The maximum absolute atomic E-state index is 9.10. The van der Waals surface area contributed by atoms with E-state index in [4.69, 9.17) is 5.11 Å². The van der Waals surface area contributed by atoms with Crippen molar-refractivity contribution in [3.8, 4) is 5.75 Å². The first kappa shape index (κ1) is 8.94. The molecule has 1 aliphatic heterocycles. The van der Waals surface area contributed by atoms with E-state index in [1.165, 1.54) is 30.5 Å². The Hall–Kier alpha value is -0.640. The number of aromatic nitrogens is 2. The molecule has 0 saturated carbocycles.